The van der Waals surface area contributed by atoms with Crippen LogP contribution in [0.25, 0.3) is 10.8 Å². The summed E-state index contributed by atoms with van der Waals surface area (Å²) < 4.78 is 34.1. The van der Waals surface area contributed by atoms with Gasteiger partial charge in [0, 0.05) is 48.9 Å². The Bertz CT molecular complexity index is 1680. The Morgan fingerprint density at radius 3 is 2.53 bits per heavy atom. The van der Waals surface area contributed by atoms with E-state index >= 15 is 0 Å². The number of hydrogen-bond donors (Lipinski definition) is 0. The first-order valence-electron chi connectivity index (χ1n) is 17.2. The number of nitrogens with zero attached hydrogens (tertiary/aromatic N) is 6. The average molecular weight is 631 g/mol. The molecule has 9 nitrogen and oxygen atoms in total. The van der Waals surface area contributed by atoms with Crippen molar-refractivity contribution < 1.29 is 13.2 Å². The van der Waals surface area contributed by atoms with Gasteiger partial charge in [-0.15, -0.1) is 0 Å². The highest BCUT2D eigenvalue weighted by Gasteiger charge is 2.45. The zero-order valence-corrected chi connectivity index (χ0v) is 27.4. The number of rotatable bonds is 7. The molecule has 0 amide bonds. The summed E-state index contributed by atoms with van der Waals surface area (Å²) in [5.41, 5.74) is 4.98. The van der Waals surface area contributed by atoms with Gasteiger partial charge in [0.05, 0.1) is 23.5 Å². The molecule has 0 aliphatic carbocycles. The standard InChI is InChI=1S/C35H46N6O3S/c1-2-26-9-3-10-27-11-4-13-31(32(26)27)38-21-14-29-30(24-38)36-34(44-25-35-15-6-18-40(35)19-7-16-35)37-33(29)39-17-5-12-28(23-39)41-20-8-22-45(41,42)43/h3-4,9-11,13,28H,2,5-8,12,14-25H2,1H3. The smallest absolute Gasteiger partial charge is 0.318 e. The van der Waals surface area contributed by atoms with E-state index < -0.39 is 10.0 Å². The number of anilines is 2. The zero-order chi connectivity index (χ0) is 30.6. The highest BCUT2D eigenvalue weighted by atomic mass is 32.2. The third-order valence-electron chi connectivity index (χ3n) is 11.2. The zero-order valence-electron chi connectivity index (χ0n) is 26.6. The summed E-state index contributed by atoms with van der Waals surface area (Å²) in [6.45, 7) is 8.95. The number of piperidine rings is 1. The summed E-state index contributed by atoms with van der Waals surface area (Å²) in [7, 11) is -3.17. The maximum Gasteiger partial charge on any atom is 0.318 e. The third-order valence-corrected chi connectivity index (χ3v) is 13.2. The molecule has 6 heterocycles. The van der Waals surface area contributed by atoms with E-state index in [-0.39, 0.29) is 17.3 Å². The van der Waals surface area contributed by atoms with Crippen LogP contribution in [0.15, 0.2) is 36.4 Å². The molecule has 4 saturated heterocycles. The van der Waals surface area contributed by atoms with Crippen LogP contribution in [0.4, 0.5) is 11.5 Å². The Kier molecular flexibility index (Phi) is 7.65. The van der Waals surface area contributed by atoms with Crippen molar-refractivity contribution in [2.45, 2.75) is 82.8 Å². The number of aryl methyl sites for hydroxylation is 1. The summed E-state index contributed by atoms with van der Waals surface area (Å²) in [5, 5.41) is 2.61. The van der Waals surface area contributed by atoms with Gasteiger partial charge in [0.2, 0.25) is 10.0 Å². The van der Waals surface area contributed by atoms with Crippen LogP contribution in [0.5, 0.6) is 6.01 Å². The molecule has 0 radical (unpaired) electrons. The molecule has 3 aromatic rings. The number of fused-ring (bicyclic) bond motifs is 3. The Morgan fingerprint density at radius 2 is 1.76 bits per heavy atom. The fraction of sp³-hybridized carbons (Fsp3) is 0.600. The first-order valence-corrected chi connectivity index (χ1v) is 18.8. The van der Waals surface area contributed by atoms with Gasteiger partial charge in [-0.25, -0.2) is 8.42 Å². The van der Waals surface area contributed by atoms with Crippen molar-refractivity contribution >= 4 is 32.3 Å². The van der Waals surface area contributed by atoms with E-state index in [1.54, 1.807) is 4.31 Å². The lowest BCUT2D eigenvalue weighted by molar-refractivity contribution is 0.107. The summed E-state index contributed by atoms with van der Waals surface area (Å²) >= 11 is 0. The number of hydrogen-bond acceptors (Lipinski definition) is 8. The van der Waals surface area contributed by atoms with E-state index in [0.29, 0.717) is 32.3 Å². The van der Waals surface area contributed by atoms with E-state index in [2.05, 4.69) is 58.0 Å². The molecule has 5 aliphatic heterocycles. The summed E-state index contributed by atoms with van der Waals surface area (Å²) in [6, 6.07) is 13.7. The molecular weight excluding hydrogens is 584 g/mol. The Hall–Kier alpha value is -2.95. The van der Waals surface area contributed by atoms with Gasteiger partial charge in [-0.3, -0.25) is 4.90 Å². The van der Waals surface area contributed by atoms with Gasteiger partial charge >= 0.3 is 6.01 Å². The highest BCUT2D eigenvalue weighted by Crippen LogP contribution is 2.40. The Labute approximate surface area is 267 Å². The molecule has 2 aromatic carbocycles. The van der Waals surface area contributed by atoms with Gasteiger partial charge in [0.25, 0.3) is 0 Å². The minimum Gasteiger partial charge on any atom is -0.461 e. The Balaban J connectivity index is 1.14. The minimum atomic E-state index is -3.17. The van der Waals surface area contributed by atoms with E-state index in [0.717, 1.165) is 69.8 Å². The number of sulfonamides is 1. The molecule has 45 heavy (non-hydrogen) atoms. The molecule has 0 bridgehead atoms. The van der Waals surface area contributed by atoms with Crippen molar-refractivity contribution in [3.63, 3.8) is 0 Å². The fourth-order valence-corrected chi connectivity index (χ4v) is 10.7. The van der Waals surface area contributed by atoms with E-state index in [1.807, 2.05) is 0 Å². The normalized spacial score (nSPS) is 24.7. The summed E-state index contributed by atoms with van der Waals surface area (Å²) in [5.74, 6) is 1.22. The lowest BCUT2D eigenvalue weighted by atomic mass is 9.95. The molecule has 0 N–H and O–H groups in total. The number of aromatic nitrogens is 2. The Morgan fingerprint density at radius 1 is 0.933 bits per heavy atom. The van der Waals surface area contributed by atoms with Crippen molar-refractivity contribution in [3.8, 4) is 6.01 Å². The molecule has 4 fully saturated rings. The van der Waals surface area contributed by atoms with Crippen molar-refractivity contribution in [2.75, 3.05) is 61.4 Å². The molecule has 1 aromatic heterocycles. The van der Waals surface area contributed by atoms with Crippen LogP contribution in [0.2, 0.25) is 0 Å². The van der Waals surface area contributed by atoms with E-state index in [1.165, 1.54) is 53.3 Å². The lowest BCUT2D eigenvalue weighted by Crippen LogP contribution is -2.49. The van der Waals surface area contributed by atoms with Crippen LogP contribution < -0.4 is 14.5 Å². The average Bonchev–Trinajstić information content (AvgIpc) is 3.76. The second-order valence-corrected chi connectivity index (χ2v) is 15.8. The molecule has 1 unspecified atom stereocenters. The van der Waals surface area contributed by atoms with Crippen LogP contribution >= 0.6 is 0 Å². The maximum absolute atomic E-state index is 12.9. The number of benzene rings is 2. The SMILES string of the molecule is CCc1cccc2cccc(N3CCc4c(nc(OCC56CCCN5CCC6)nc4N4CCCC(N5CCCS5(=O)=O)C4)C3)c12. The quantitative estimate of drug-likeness (QED) is 0.370. The minimum absolute atomic E-state index is 0.00565. The molecule has 1 atom stereocenters. The van der Waals surface area contributed by atoms with Crippen LogP contribution in [0.3, 0.4) is 0 Å². The molecular formula is C35H46N6O3S. The van der Waals surface area contributed by atoms with Gasteiger partial charge in [0.15, 0.2) is 0 Å². The van der Waals surface area contributed by atoms with Gasteiger partial charge in [-0.2, -0.15) is 14.3 Å². The third kappa shape index (κ3) is 5.26. The molecule has 8 rings (SSSR count). The summed E-state index contributed by atoms with van der Waals surface area (Å²) in [4.78, 5) is 17.7. The topological polar surface area (TPSA) is 82.1 Å². The van der Waals surface area contributed by atoms with Crippen LogP contribution in [0, 0.1) is 0 Å². The van der Waals surface area contributed by atoms with E-state index in [9.17, 15) is 8.42 Å². The molecule has 10 heteroatoms. The van der Waals surface area contributed by atoms with Gasteiger partial charge in [-0.05, 0) is 87.9 Å². The summed E-state index contributed by atoms with van der Waals surface area (Å²) in [6.07, 6.45) is 9.23. The van der Waals surface area contributed by atoms with E-state index in [4.69, 9.17) is 14.7 Å². The largest absolute Gasteiger partial charge is 0.461 e. The van der Waals surface area contributed by atoms with Crippen molar-refractivity contribution in [3.05, 3.63) is 53.2 Å². The molecule has 240 valence electrons. The molecule has 0 saturated carbocycles. The van der Waals surface area contributed by atoms with Crippen LogP contribution in [-0.2, 0) is 29.4 Å². The highest BCUT2D eigenvalue weighted by molar-refractivity contribution is 7.89. The first kappa shape index (κ1) is 29.5. The van der Waals surface area contributed by atoms with Crippen molar-refractivity contribution in [2.24, 2.45) is 0 Å². The monoisotopic (exact) mass is 630 g/mol. The molecule has 5 aliphatic rings. The molecule has 0 spiro atoms. The second-order valence-electron chi connectivity index (χ2n) is 13.8. The fourth-order valence-electron chi connectivity index (χ4n) is 8.99. The van der Waals surface area contributed by atoms with Gasteiger partial charge in [-0.1, -0.05) is 37.3 Å². The first-order chi connectivity index (χ1) is 21.9. The second kappa shape index (κ2) is 11.7. The maximum atomic E-state index is 12.9. The van der Waals surface area contributed by atoms with Crippen molar-refractivity contribution in [1.29, 1.82) is 0 Å². The lowest BCUT2D eigenvalue weighted by Gasteiger charge is -2.39. The van der Waals surface area contributed by atoms with Crippen LogP contribution in [-0.4, -0.2) is 90.8 Å². The van der Waals surface area contributed by atoms with Gasteiger partial charge in [0.1, 0.15) is 12.4 Å². The van der Waals surface area contributed by atoms with Gasteiger partial charge < -0.3 is 14.5 Å². The predicted molar refractivity (Wildman–Crippen MR) is 179 cm³/mol. The van der Waals surface area contributed by atoms with Crippen molar-refractivity contribution in [1.82, 2.24) is 19.2 Å². The number of ether oxygens (including phenoxy) is 1. The predicted octanol–water partition coefficient (Wildman–Crippen LogP) is 4.77. The van der Waals surface area contributed by atoms with Crippen LogP contribution in [0.1, 0.15) is 68.7 Å².